The van der Waals surface area contributed by atoms with E-state index >= 15 is 0 Å². The number of nitrogens with zero attached hydrogens (tertiary/aromatic N) is 4. The van der Waals surface area contributed by atoms with Crippen LogP contribution in [0.25, 0.3) is 0 Å². The number of nitrogens with two attached hydrogens (primary N) is 1. The Kier molecular flexibility index (Phi) is 3.45. The predicted molar refractivity (Wildman–Crippen MR) is 66.5 cm³/mol. The molecule has 2 aromatic heterocycles. The maximum Gasteiger partial charge on any atom is 0.222 e. The normalized spacial score (nSPS) is 11.2. The molecule has 86 valence electrons. The Morgan fingerprint density at radius 3 is 2.94 bits per heavy atom. The van der Waals surface area contributed by atoms with E-state index < -0.39 is 0 Å². The van der Waals surface area contributed by atoms with Crippen LogP contribution in [0.2, 0.25) is 0 Å². The second kappa shape index (κ2) is 4.84. The molecular formula is C9H13N5S2. The van der Waals surface area contributed by atoms with Crippen molar-refractivity contribution in [3.8, 4) is 0 Å². The zero-order valence-electron chi connectivity index (χ0n) is 9.12. The molecule has 16 heavy (non-hydrogen) atoms. The summed E-state index contributed by atoms with van der Waals surface area (Å²) in [6.45, 7) is 4.13. The van der Waals surface area contributed by atoms with E-state index in [4.69, 9.17) is 5.73 Å². The first-order valence-corrected chi connectivity index (χ1v) is 6.76. The van der Waals surface area contributed by atoms with Gasteiger partial charge in [0.1, 0.15) is 5.01 Å². The van der Waals surface area contributed by atoms with Crippen LogP contribution in [-0.4, -0.2) is 19.7 Å². The standard InChI is InChI=1S/C9H13N5S2/c1-6(2)14-8(10)12-13-9(14)16-5-7-11-3-4-15-7/h3-4,6H,5H2,1-2H3,(H2,10,12). The fourth-order valence-electron chi connectivity index (χ4n) is 1.32. The highest BCUT2D eigenvalue weighted by Gasteiger charge is 2.13. The molecule has 7 heteroatoms. The largest absolute Gasteiger partial charge is 0.368 e. The van der Waals surface area contributed by atoms with Crippen molar-refractivity contribution in [1.29, 1.82) is 0 Å². The number of aromatic nitrogens is 4. The molecule has 5 nitrogen and oxygen atoms in total. The van der Waals surface area contributed by atoms with Crippen molar-refractivity contribution in [2.75, 3.05) is 5.73 Å². The summed E-state index contributed by atoms with van der Waals surface area (Å²) in [5, 5.41) is 11.9. The van der Waals surface area contributed by atoms with Gasteiger partial charge in [-0.3, -0.25) is 4.57 Å². The van der Waals surface area contributed by atoms with Crippen molar-refractivity contribution in [2.45, 2.75) is 30.8 Å². The highest BCUT2D eigenvalue weighted by molar-refractivity contribution is 7.98. The fraction of sp³-hybridized carbons (Fsp3) is 0.444. The summed E-state index contributed by atoms with van der Waals surface area (Å²) in [6.07, 6.45) is 1.81. The van der Waals surface area contributed by atoms with E-state index in [1.807, 2.05) is 16.1 Å². The molecule has 0 aromatic carbocycles. The molecule has 0 radical (unpaired) electrons. The number of thioether (sulfide) groups is 1. The minimum atomic E-state index is 0.272. The Balaban J connectivity index is 2.10. The highest BCUT2D eigenvalue weighted by Crippen LogP contribution is 2.26. The first-order chi connectivity index (χ1) is 7.68. The zero-order chi connectivity index (χ0) is 11.5. The first-order valence-electron chi connectivity index (χ1n) is 4.90. The molecule has 2 aromatic rings. The molecule has 0 amide bonds. The Bertz CT molecular complexity index is 448. The second-order valence-corrected chi connectivity index (χ2v) is 5.44. The van der Waals surface area contributed by atoms with Crippen molar-refractivity contribution < 1.29 is 0 Å². The molecule has 2 rings (SSSR count). The van der Waals surface area contributed by atoms with E-state index in [2.05, 4.69) is 29.0 Å². The van der Waals surface area contributed by atoms with Crippen LogP contribution >= 0.6 is 23.1 Å². The summed E-state index contributed by atoms with van der Waals surface area (Å²) in [5.74, 6) is 1.28. The van der Waals surface area contributed by atoms with Crippen LogP contribution in [0.15, 0.2) is 16.7 Å². The molecule has 0 bridgehead atoms. The minimum Gasteiger partial charge on any atom is -0.368 e. The Morgan fingerprint density at radius 2 is 2.31 bits per heavy atom. The van der Waals surface area contributed by atoms with Crippen LogP contribution in [0, 0.1) is 0 Å². The molecule has 0 aliphatic carbocycles. The Hall–Kier alpha value is -1.08. The monoisotopic (exact) mass is 255 g/mol. The molecule has 0 aliphatic rings. The molecule has 2 heterocycles. The second-order valence-electron chi connectivity index (χ2n) is 3.52. The lowest BCUT2D eigenvalue weighted by Crippen LogP contribution is -2.06. The Morgan fingerprint density at radius 1 is 1.50 bits per heavy atom. The van der Waals surface area contributed by atoms with Gasteiger partial charge < -0.3 is 5.73 Å². The van der Waals surface area contributed by atoms with E-state index in [0.29, 0.717) is 5.95 Å². The lowest BCUT2D eigenvalue weighted by molar-refractivity contribution is 0.557. The van der Waals surface area contributed by atoms with E-state index in [1.54, 1.807) is 23.1 Å². The van der Waals surface area contributed by atoms with Gasteiger partial charge in [0.2, 0.25) is 5.95 Å². The van der Waals surface area contributed by atoms with Crippen molar-refractivity contribution in [2.24, 2.45) is 0 Å². The number of nitrogen functional groups attached to an aromatic ring is 1. The molecule has 0 saturated heterocycles. The number of hydrogen-bond acceptors (Lipinski definition) is 6. The summed E-state index contributed by atoms with van der Waals surface area (Å²) in [5.41, 5.74) is 5.75. The topological polar surface area (TPSA) is 69.6 Å². The lowest BCUT2D eigenvalue weighted by atomic mass is 10.4. The smallest absolute Gasteiger partial charge is 0.222 e. The molecule has 0 saturated carbocycles. The molecule has 0 atom stereocenters. The van der Waals surface area contributed by atoms with Crippen LogP contribution in [0.3, 0.4) is 0 Å². The zero-order valence-corrected chi connectivity index (χ0v) is 10.8. The van der Waals surface area contributed by atoms with Gasteiger partial charge in [-0.1, -0.05) is 11.8 Å². The Labute approximate surface area is 102 Å². The number of anilines is 1. The fourth-order valence-corrected chi connectivity index (χ4v) is 3.04. The summed E-state index contributed by atoms with van der Waals surface area (Å²) in [7, 11) is 0. The van der Waals surface area contributed by atoms with Gasteiger partial charge in [-0.05, 0) is 13.8 Å². The van der Waals surface area contributed by atoms with Gasteiger partial charge in [0, 0.05) is 17.6 Å². The summed E-state index contributed by atoms with van der Waals surface area (Å²) in [6, 6.07) is 0.272. The minimum absolute atomic E-state index is 0.272. The number of hydrogen-bond donors (Lipinski definition) is 1. The molecule has 0 fully saturated rings. The van der Waals surface area contributed by atoms with Crippen LogP contribution < -0.4 is 5.73 Å². The van der Waals surface area contributed by atoms with Gasteiger partial charge in [0.25, 0.3) is 0 Å². The quantitative estimate of drug-likeness (QED) is 0.848. The summed E-state index contributed by atoms with van der Waals surface area (Å²) >= 11 is 3.25. The van der Waals surface area contributed by atoms with E-state index in [9.17, 15) is 0 Å². The van der Waals surface area contributed by atoms with E-state index in [-0.39, 0.29) is 6.04 Å². The van der Waals surface area contributed by atoms with Gasteiger partial charge >= 0.3 is 0 Å². The summed E-state index contributed by atoms with van der Waals surface area (Å²) < 4.78 is 1.93. The lowest BCUT2D eigenvalue weighted by Gasteiger charge is -2.10. The maximum absolute atomic E-state index is 5.75. The van der Waals surface area contributed by atoms with Crippen LogP contribution in [0.4, 0.5) is 5.95 Å². The predicted octanol–water partition coefficient (Wildman–Crippen LogP) is 2.19. The van der Waals surface area contributed by atoms with Crippen molar-refractivity contribution in [3.05, 3.63) is 16.6 Å². The molecule has 2 N–H and O–H groups in total. The third kappa shape index (κ3) is 2.35. The van der Waals surface area contributed by atoms with Gasteiger partial charge in [-0.2, -0.15) is 0 Å². The highest BCUT2D eigenvalue weighted by atomic mass is 32.2. The van der Waals surface area contributed by atoms with Crippen molar-refractivity contribution in [3.63, 3.8) is 0 Å². The van der Waals surface area contributed by atoms with Gasteiger partial charge in [-0.25, -0.2) is 4.98 Å². The third-order valence-electron chi connectivity index (χ3n) is 2.02. The third-order valence-corrected chi connectivity index (χ3v) is 3.93. The van der Waals surface area contributed by atoms with E-state index in [1.165, 1.54) is 0 Å². The van der Waals surface area contributed by atoms with Crippen molar-refractivity contribution in [1.82, 2.24) is 19.7 Å². The van der Waals surface area contributed by atoms with Gasteiger partial charge in [-0.15, -0.1) is 21.5 Å². The SMILES string of the molecule is CC(C)n1c(N)nnc1SCc1nccs1. The first kappa shape index (κ1) is 11.4. The molecule has 0 unspecified atom stereocenters. The number of thiazole rings is 1. The number of rotatable bonds is 4. The van der Waals surface area contributed by atoms with Gasteiger partial charge in [0.05, 0.1) is 5.75 Å². The maximum atomic E-state index is 5.75. The average Bonchev–Trinajstić information content (AvgIpc) is 2.83. The summed E-state index contributed by atoms with van der Waals surface area (Å²) in [4.78, 5) is 4.22. The average molecular weight is 255 g/mol. The van der Waals surface area contributed by atoms with Gasteiger partial charge in [0.15, 0.2) is 5.16 Å². The van der Waals surface area contributed by atoms with Crippen LogP contribution in [0.1, 0.15) is 24.9 Å². The molecule has 0 spiro atoms. The molecule has 0 aliphatic heterocycles. The van der Waals surface area contributed by atoms with Crippen molar-refractivity contribution >= 4 is 29.0 Å². The van der Waals surface area contributed by atoms with Crippen LogP contribution in [-0.2, 0) is 5.75 Å². The van der Waals surface area contributed by atoms with Crippen LogP contribution in [0.5, 0.6) is 0 Å². The van der Waals surface area contributed by atoms with E-state index in [0.717, 1.165) is 15.9 Å². The molecular weight excluding hydrogens is 242 g/mol.